The zero-order chi connectivity index (χ0) is 13.0. The Morgan fingerprint density at radius 1 is 1.06 bits per heavy atom. The lowest BCUT2D eigenvalue weighted by Crippen LogP contribution is -2.23. The Labute approximate surface area is 108 Å². The Hall–Kier alpha value is -2.09. The number of hydrogen-bond acceptors (Lipinski definition) is 1. The molecule has 0 aromatic heterocycles. The van der Waals surface area contributed by atoms with E-state index in [-0.39, 0.29) is 5.91 Å². The summed E-state index contributed by atoms with van der Waals surface area (Å²) in [5.41, 5.74) is 4.16. The predicted molar refractivity (Wildman–Crippen MR) is 73.5 cm³/mol. The number of carbonyl (C=O) groups excluding carboxylic acids is 1. The van der Waals surface area contributed by atoms with Crippen LogP contribution >= 0.6 is 0 Å². The minimum atomic E-state index is -0.0260. The first-order valence-corrected chi connectivity index (χ1v) is 6.06. The molecule has 0 saturated heterocycles. The molecule has 0 heterocycles. The fourth-order valence-electron chi connectivity index (χ4n) is 1.87. The van der Waals surface area contributed by atoms with Gasteiger partial charge in [-0.25, -0.2) is 0 Å². The molecule has 2 rings (SSSR count). The Bertz CT molecular complexity index is 561. The Morgan fingerprint density at radius 2 is 1.83 bits per heavy atom. The van der Waals surface area contributed by atoms with Crippen LogP contribution in [0, 0.1) is 13.8 Å². The molecule has 0 aliphatic carbocycles. The molecule has 0 radical (unpaired) electrons. The van der Waals surface area contributed by atoms with Gasteiger partial charge in [-0.15, -0.1) is 0 Å². The van der Waals surface area contributed by atoms with Gasteiger partial charge in [-0.05, 0) is 37.1 Å². The maximum atomic E-state index is 12.0. The molecule has 0 aliphatic heterocycles. The van der Waals surface area contributed by atoms with Crippen molar-refractivity contribution in [2.75, 3.05) is 0 Å². The van der Waals surface area contributed by atoms with Crippen molar-refractivity contribution in [2.45, 2.75) is 20.4 Å². The summed E-state index contributed by atoms with van der Waals surface area (Å²) in [5.74, 6) is -0.0260. The van der Waals surface area contributed by atoms with Gasteiger partial charge in [0.15, 0.2) is 0 Å². The van der Waals surface area contributed by atoms with Crippen molar-refractivity contribution in [3.63, 3.8) is 0 Å². The molecule has 2 aromatic rings. The van der Waals surface area contributed by atoms with Crippen LogP contribution in [0.15, 0.2) is 48.5 Å². The van der Waals surface area contributed by atoms with Crippen molar-refractivity contribution in [1.82, 2.24) is 5.32 Å². The number of hydrogen-bond donors (Lipinski definition) is 1. The van der Waals surface area contributed by atoms with Gasteiger partial charge in [-0.2, -0.15) is 0 Å². The summed E-state index contributed by atoms with van der Waals surface area (Å²) in [6.07, 6.45) is 0. The topological polar surface area (TPSA) is 29.1 Å². The molecule has 0 aliphatic rings. The SMILES string of the molecule is Cc1cccc(C(=O)NCc2ccccc2C)c1. The highest BCUT2D eigenvalue weighted by atomic mass is 16.1. The average molecular weight is 239 g/mol. The summed E-state index contributed by atoms with van der Waals surface area (Å²) in [7, 11) is 0. The molecule has 1 N–H and O–H groups in total. The van der Waals surface area contributed by atoms with Gasteiger partial charge >= 0.3 is 0 Å². The van der Waals surface area contributed by atoms with Gasteiger partial charge in [0.25, 0.3) is 5.91 Å². The molecule has 0 atom stereocenters. The number of benzene rings is 2. The van der Waals surface area contributed by atoms with Gasteiger partial charge in [0.05, 0.1) is 0 Å². The van der Waals surface area contributed by atoms with E-state index in [1.165, 1.54) is 5.56 Å². The fraction of sp³-hybridized carbons (Fsp3) is 0.188. The Morgan fingerprint density at radius 3 is 2.56 bits per heavy atom. The summed E-state index contributed by atoms with van der Waals surface area (Å²) >= 11 is 0. The highest BCUT2D eigenvalue weighted by molar-refractivity contribution is 5.94. The molecular formula is C16H17NO. The first kappa shape index (κ1) is 12.4. The second-order valence-electron chi connectivity index (χ2n) is 4.48. The third kappa shape index (κ3) is 2.98. The van der Waals surface area contributed by atoms with Crippen molar-refractivity contribution in [3.8, 4) is 0 Å². The minimum Gasteiger partial charge on any atom is -0.348 e. The lowest BCUT2D eigenvalue weighted by atomic mass is 10.1. The van der Waals surface area contributed by atoms with Crippen molar-refractivity contribution in [2.24, 2.45) is 0 Å². The molecule has 2 heteroatoms. The minimum absolute atomic E-state index is 0.0260. The van der Waals surface area contributed by atoms with Gasteiger partial charge in [-0.3, -0.25) is 4.79 Å². The van der Waals surface area contributed by atoms with Crippen LogP contribution in [-0.4, -0.2) is 5.91 Å². The molecule has 2 aromatic carbocycles. The third-order valence-corrected chi connectivity index (χ3v) is 2.98. The van der Waals surface area contributed by atoms with Crippen LogP contribution in [0.4, 0.5) is 0 Å². The lowest BCUT2D eigenvalue weighted by Gasteiger charge is -2.08. The van der Waals surface area contributed by atoms with Crippen molar-refractivity contribution in [1.29, 1.82) is 0 Å². The Balaban J connectivity index is 2.03. The van der Waals surface area contributed by atoms with Crippen LogP contribution < -0.4 is 5.32 Å². The zero-order valence-electron chi connectivity index (χ0n) is 10.7. The van der Waals surface area contributed by atoms with Crippen LogP contribution in [-0.2, 0) is 6.54 Å². The summed E-state index contributed by atoms with van der Waals surface area (Å²) in [5, 5.41) is 2.94. The summed E-state index contributed by atoms with van der Waals surface area (Å²) in [6, 6.07) is 15.7. The van der Waals surface area contributed by atoms with Gasteiger partial charge < -0.3 is 5.32 Å². The van der Waals surface area contributed by atoms with Crippen molar-refractivity contribution < 1.29 is 4.79 Å². The van der Waals surface area contributed by atoms with E-state index in [1.807, 2.05) is 62.4 Å². The molecule has 1 amide bonds. The zero-order valence-corrected chi connectivity index (χ0v) is 10.7. The number of rotatable bonds is 3. The lowest BCUT2D eigenvalue weighted by molar-refractivity contribution is 0.0951. The van der Waals surface area contributed by atoms with E-state index in [0.29, 0.717) is 12.1 Å². The molecule has 2 nitrogen and oxygen atoms in total. The second kappa shape index (κ2) is 5.50. The first-order chi connectivity index (χ1) is 8.66. The fourth-order valence-corrected chi connectivity index (χ4v) is 1.87. The highest BCUT2D eigenvalue weighted by Gasteiger charge is 2.05. The molecule has 18 heavy (non-hydrogen) atoms. The first-order valence-electron chi connectivity index (χ1n) is 6.06. The van der Waals surface area contributed by atoms with E-state index < -0.39 is 0 Å². The molecule has 0 fully saturated rings. The largest absolute Gasteiger partial charge is 0.348 e. The second-order valence-corrected chi connectivity index (χ2v) is 4.48. The molecule has 0 bridgehead atoms. The maximum Gasteiger partial charge on any atom is 0.251 e. The highest BCUT2D eigenvalue weighted by Crippen LogP contribution is 2.08. The quantitative estimate of drug-likeness (QED) is 0.875. The summed E-state index contributed by atoms with van der Waals surface area (Å²) in [4.78, 5) is 12.0. The van der Waals surface area contributed by atoms with Crippen LogP contribution in [0.25, 0.3) is 0 Å². The number of nitrogens with one attached hydrogen (secondary N) is 1. The molecule has 0 spiro atoms. The van der Waals surface area contributed by atoms with Crippen molar-refractivity contribution in [3.05, 3.63) is 70.8 Å². The van der Waals surface area contributed by atoms with Gasteiger partial charge in [0, 0.05) is 12.1 Å². The summed E-state index contributed by atoms with van der Waals surface area (Å²) in [6.45, 7) is 4.60. The monoisotopic (exact) mass is 239 g/mol. The van der Waals surface area contributed by atoms with Crippen molar-refractivity contribution >= 4 is 5.91 Å². The molecule has 0 unspecified atom stereocenters. The number of carbonyl (C=O) groups is 1. The Kier molecular flexibility index (Phi) is 3.78. The standard InChI is InChI=1S/C16H17NO/c1-12-6-5-9-14(10-12)16(18)17-11-15-8-4-3-7-13(15)2/h3-10H,11H2,1-2H3,(H,17,18). The van der Waals surface area contributed by atoms with Crippen LogP contribution in [0.3, 0.4) is 0 Å². The van der Waals surface area contributed by atoms with Gasteiger partial charge in [0.2, 0.25) is 0 Å². The van der Waals surface area contributed by atoms with E-state index in [0.717, 1.165) is 11.1 Å². The molecule has 92 valence electrons. The van der Waals surface area contributed by atoms with Crippen LogP contribution in [0.1, 0.15) is 27.0 Å². The van der Waals surface area contributed by atoms with E-state index in [2.05, 4.69) is 5.32 Å². The normalized spacial score (nSPS) is 10.1. The average Bonchev–Trinajstić information content (AvgIpc) is 2.37. The molecule has 0 saturated carbocycles. The van der Waals surface area contributed by atoms with E-state index >= 15 is 0 Å². The molecular weight excluding hydrogens is 222 g/mol. The predicted octanol–water partition coefficient (Wildman–Crippen LogP) is 3.23. The maximum absolute atomic E-state index is 12.0. The smallest absolute Gasteiger partial charge is 0.251 e. The van der Waals surface area contributed by atoms with Gasteiger partial charge in [0.1, 0.15) is 0 Å². The van der Waals surface area contributed by atoms with Gasteiger partial charge in [-0.1, -0.05) is 42.0 Å². The summed E-state index contributed by atoms with van der Waals surface area (Å²) < 4.78 is 0. The van der Waals surface area contributed by atoms with Crippen LogP contribution in [0.2, 0.25) is 0 Å². The van der Waals surface area contributed by atoms with E-state index in [4.69, 9.17) is 0 Å². The van der Waals surface area contributed by atoms with E-state index in [9.17, 15) is 4.79 Å². The van der Waals surface area contributed by atoms with E-state index in [1.54, 1.807) is 0 Å². The number of amides is 1. The number of aryl methyl sites for hydroxylation is 2. The third-order valence-electron chi connectivity index (χ3n) is 2.98. The van der Waals surface area contributed by atoms with Crippen LogP contribution in [0.5, 0.6) is 0 Å².